The molecule has 0 unspecified atom stereocenters. The summed E-state index contributed by atoms with van der Waals surface area (Å²) in [6.07, 6.45) is 0. The van der Waals surface area contributed by atoms with Crippen LogP contribution in [0.4, 0.5) is 10.1 Å². The third-order valence-electron chi connectivity index (χ3n) is 4.14. The molecule has 2 aromatic heterocycles. The standard InChI is InChI=1S/C20H19FN4O2S/c1-10(2)9-22-18(26)14-8-15-19(25-14)28-20-17(27-11(3)23-20)16(24-15)12-4-6-13(21)7-5-12/h4-8,10,25H,9H2,1-3H3,(H,22,26). The van der Waals surface area contributed by atoms with Gasteiger partial charge >= 0.3 is 0 Å². The van der Waals surface area contributed by atoms with Gasteiger partial charge in [-0.15, -0.1) is 0 Å². The van der Waals surface area contributed by atoms with Gasteiger partial charge in [0.05, 0.1) is 5.69 Å². The highest BCUT2D eigenvalue weighted by Crippen LogP contribution is 2.41. The number of oxazole rings is 1. The number of aromatic amines is 1. The van der Waals surface area contributed by atoms with Crippen LogP contribution in [0.25, 0.3) is 0 Å². The van der Waals surface area contributed by atoms with E-state index in [2.05, 4.69) is 15.3 Å². The molecule has 0 fully saturated rings. The molecule has 1 aliphatic heterocycles. The van der Waals surface area contributed by atoms with E-state index in [1.54, 1.807) is 25.1 Å². The Hall–Kier alpha value is -2.87. The van der Waals surface area contributed by atoms with E-state index >= 15 is 0 Å². The average molecular weight is 398 g/mol. The molecule has 6 nitrogen and oxygen atoms in total. The predicted octanol–water partition coefficient (Wildman–Crippen LogP) is 4.47. The molecule has 0 saturated heterocycles. The van der Waals surface area contributed by atoms with Crippen molar-refractivity contribution in [1.29, 1.82) is 0 Å². The Bertz CT molecular complexity index is 1070. The number of nitrogens with one attached hydrogen (secondary N) is 2. The molecule has 1 aromatic carbocycles. The molecule has 8 heteroatoms. The van der Waals surface area contributed by atoms with Gasteiger partial charge in [0, 0.05) is 19.0 Å². The lowest BCUT2D eigenvalue weighted by atomic mass is 10.1. The minimum absolute atomic E-state index is 0.183. The van der Waals surface area contributed by atoms with Crippen molar-refractivity contribution >= 4 is 29.1 Å². The van der Waals surface area contributed by atoms with Crippen LogP contribution in [0.1, 0.15) is 41.6 Å². The second-order valence-corrected chi connectivity index (χ2v) is 7.94. The van der Waals surface area contributed by atoms with Gasteiger partial charge in [0.1, 0.15) is 22.2 Å². The number of aliphatic imine (C=N–C) groups is 1. The summed E-state index contributed by atoms with van der Waals surface area (Å²) in [5.74, 6) is 0.891. The van der Waals surface area contributed by atoms with Crippen molar-refractivity contribution in [1.82, 2.24) is 15.3 Å². The molecule has 3 aromatic rings. The number of hydrogen-bond acceptors (Lipinski definition) is 5. The average Bonchev–Trinajstić information content (AvgIpc) is 3.19. The van der Waals surface area contributed by atoms with Gasteiger partial charge in [0.2, 0.25) is 0 Å². The Kier molecular flexibility index (Phi) is 4.80. The minimum atomic E-state index is -0.326. The summed E-state index contributed by atoms with van der Waals surface area (Å²) in [5.41, 5.74) is 2.31. The third kappa shape index (κ3) is 3.60. The molecule has 2 N–H and O–H groups in total. The number of carbonyl (C=O) groups excluding carboxylic acids is 1. The zero-order chi connectivity index (χ0) is 19.8. The molecule has 0 bridgehead atoms. The highest BCUT2D eigenvalue weighted by atomic mass is 32.2. The Morgan fingerprint density at radius 2 is 2.07 bits per heavy atom. The van der Waals surface area contributed by atoms with Crippen molar-refractivity contribution in [2.75, 3.05) is 6.54 Å². The molecular weight excluding hydrogens is 379 g/mol. The molecule has 0 radical (unpaired) electrons. The van der Waals surface area contributed by atoms with Gasteiger partial charge < -0.3 is 14.7 Å². The smallest absolute Gasteiger partial charge is 0.267 e. The van der Waals surface area contributed by atoms with E-state index in [1.165, 1.54) is 23.9 Å². The first kappa shape index (κ1) is 18.5. The molecule has 0 atom stereocenters. The van der Waals surface area contributed by atoms with Gasteiger partial charge in [-0.3, -0.25) is 4.79 Å². The molecular formula is C20H19FN4O2S. The van der Waals surface area contributed by atoms with Crippen LogP contribution in [-0.4, -0.2) is 28.1 Å². The second kappa shape index (κ2) is 7.27. The summed E-state index contributed by atoms with van der Waals surface area (Å²) in [7, 11) is 0. The largest absolute Gasteiger partial charge is 0.438 e. The zero-order valence-corrected chi connectivity index (χ0v) is 16.5. The number of nitrogens with zero attached hydrogens (tertiary/aromatic N) is 2. The summed E-state index contributed by atoms with van der Waals surface area (Å²) in [6, 6.07) is 7.76. The normalized spacial score (nSPS) is 13.0. The van der Waals surface area contributed by atoms with E-state index in [9.17, 15) is 9.18 Å². The van der Waals surface area contributed by atoms with Crippen molar-refractivity contribution in [3.05, 3.63) is 59.1 Å². The van der Waals surface area contributed by atoms with Crippen molar-refractivity contribution in [3.8, 4) is 0 Å². The molecule has 0 aliphatic carbocycles. The van der Waals surface area contributed by atoms with E-state index in [-0.39, 0.29) is 11.7 Å². The summed E-state index contributed by atoms with van der Waals surface area (Å²) in [6.45, 7) is 6.42. The second-order valence-electron chi connectivity index (χ2n) is 6.94. The number of H-pyrrole nitrogens is 1. The number of hydrogen-bond donors (Lipinski definition) is 2. The molecule has 1 amide bonds. The van der Waals surface area contributed by atoms with Crippen LogP contribution >= 0.6 is 11.8 Å². The minimum Gasteiger partial charge on any atom is -0.438 e. The quantitative estimate of drug-likeness (QED) is 0.531. The van der Waals surface area contributed by atoms with Crippen LogP contribution in [0.3, 0.4) is 0 Å². The van der Waals surface area contributed by atoms with Crippen LogP contribution in [0.2, 0.25) is 0 Å². The van der Waals surface area contributed by atoms with Crippen molar-refractivity contribution in [2.45, 2.75) is 30.8 Å². The molecule has 3 heterocycles. The van der Waals surface area contributed by atoms with E-state index in [0.717, 1.165) is 0 Å². The van der Waals surface area contributed by atoms with Crippen LogP contribution in [0, 0.1) is 18.7 Å². The number of benzene rings is 1. The predicted molar refractivity (Wildman–Crippen MR) is 105 cm³/mol. The zero-order valence-electron chi connectivity index (χ0n) is 15.7. The maximum absolute atomic E-state index is 13.4. The lowest BCUT2D eigenvalue weighted by Crippen LogP contribution is -2.27. The molecule has 144 valence electrons. The van der Waals surface area contributed by atoms with Crippen LogP contribution in [-0.2, 0) is 0 Å². The fourth-order valence-corrected chi connectivity index (χ4v) is 3.77. The summed E-state index contributed by atoms with van der Waals surface area (Å²) in [5, 5.41) is 4.25. The van der Waals surface area contributed by atoms with E-state index < -0.39 is 0 Å². The maximum atomic E-state index is 13.4. The first-order chi connectivity index (χ1) is 13.4. The van der Waals surface area contributed by atoms with Crippen LogP contribution < -0.4 is 5.32 Å². The van der Waals surface area contributed by atoms with Crippen LogP contribution in [0.5, 0.6) is 0 Å². The highest BCUT2D eigenvalue weighted by molar-refractivity contribution is 7.99. The molecule has 1 aliphatic rings. The summed E-state index contributed by atoms with van der Waals surface area (Å²) in [4.78, 5) is 24.7. The third-order valence-corrected chi connectivity index (χ3v) is 5.13. The Morgan fingerprint density at radius 1 is 1.32 bits per heavy atom. The summed E-state index contributed by atoms with van der Waals surface area (Å²) >= 11 is 1.36. The molecule has 0 spiro atoms. The first-order valence-electron chi connectivity index (χ1n) is 8.92. The summed E-state index contributed by atoms with van der Waals surface area (Å²) < 4.78 is 19.1. The highest BCUT2D eigenvalue weighted by Gasteiger charge is 2.26. The number of aryl methyl sites for hydroxylation is 1. The van der Waals surface area contributed by atoms with Crippen LogP contribution in [0.15, 0.2) is 49.8 Å². The first-order valence-corrected chi connectivity index (χ1v) is 9.74. The van der Waals surface area contributed by atoms with Gasteiger partial charge in [-0.25, -0.2) is 14.4 Å². The molecule has 4 rings (SSSR count). The monoisotopic (exact) mass is 398 g/mol. The van der Waals surface area contributed by atoms with Crippen molar-refractivity contribution in [3.63, 3.8) is 0 Å². The fourth-order valence-electron chi connectivity index (χ4n) is 2.80. The molecule has 28 heavy (non-hydrogen) atoms. The maximum Gasteiger partial charge on any atom is 0.267 e. The Morgan fingerprint density at radius 3 is 2.79 bits per heavy atom. The number of aromatic nitrogens is 2. The Labute approximate surface area is 165 Å². The van der Waals surface area contributed by atoms with Gasteiger partial charge in [-0.1, -0.05) is 13.8 Å². The van der Waals surface area contributed by atoms with E-state index in [4.69, 9.17) is 9.41 Å². The number of amides is 1. The fraction of sp³-hybridized carbons (Fsp3) is 0.250. The van der Waals surface area contributed by atoms with Gasteiger partial charge in [0.15, 0.2) is 16.7 Å². The number of halogens is 1. The van der Waals surface area contributed by atoms with E-state index in [0.29, 0.717) is 56.8 Å². The van der Waals surface area contributed by atoms with Gasteiger partial charge in [-0.05, 0) is 48.0 Å². The van der Waals surface area contributed by atoms with Crippen molar-refractivity contribution < 1.29 is 13.6 Å². The number of carbonyl (C=O) groups is 1. The van der Waals surface area contributed by atoms with Crippen molar-refractivity contribution in [2.24, 2.45) is 10.9 Å². The lowest BCUT2D eigenvalue weighted by Gasteiger charge is -2.06. The van der Waals surface area contributed by atoms with Gasteiger partial charge in [0.25, 0.3) is 5.91 Å². The topological polar surface area (TPSA) is 83.3 Å². The number of fused-ring (bicyclic) bond motifs is 2. The number of rotatable bonds is 4. The van der Waals surface area contributed by atoms with Gasteiger partial charge in [-0.2, -0.15) is 0 Å². The SMILES string of the molecule is Cc1nc2c(o1)C(c1ccc(F)cc1)=Nc1cc(C(=O)NCC(C)C)[nH]c1S2. The lowest BCUT2D eigenvalue weighted by molar-refractivity contribution is 0.0944. The van der Waals surface area contributed by atoms with E-state index in [1.807, 2.05) is 13.8 Å². The molecule has 0 saturated carbocycles. The Balaban J connectivity index is 1.77.